The van der Waals surface area contributed by atoms with Crippen molar-refractivity contribution in [3.05, 3.63) is 94.8 Å². The summed E-state index contributed by atoms with van der Waals surface area (Å²) in [7, 11) is 0. The van der Waals surface area contributed by atoms with E-state index in [0.717, 1.165) is 67.7 Å². The highest BCUT2D eigenvalue weighted by Gasteiger charge is 2.11. The summed E-state index contributed by atoms with van der Waals surface area (Å²) in [5, 5.41) is 3.65. The van der Waals surface area contributed by atoms with E-state index in [-0.39, 0.29) is 5.91 Å². The van der Waals surface area contributed by atoms with Crippen molar-refractivity contribution in [3.8, 4) is 5.75 Å². The highest BCUT2D eigenvalue weighted by atomic mass is 35.5. The van der Waals surface area contributed by atoms with Crippen LogP contribution in [-0.2, 0) is 24.2 Å². The number of ether oxygens (including phenoxy) is 1. The summed E-state index contributed by atoms with van der Waals surface area (Å²) in [4.78, 5) is 17.2. The number of aromatic nitrogens is 2. The van der Waals surface area contributed by atoms with Gasteiger partial charge < -0.3 is 14.6 Å². The van der Waals surface area contributed by atoms with Gasteiger partial charge in [0.1, 0.15) is 11.6 Å². The molecule has 1 unspecified atom stereocenters. The molecule has 4 rings (SSSR count). The first-order valence-electron chi connectivity index (χ1n) is 14.2. The molecule has 1 amide bonds. The van der Waals surface area contributed by atoms with Gasteiger partial charge in [-0.1, -0.05) is 74.3 Å². The van der Waals surface area contributed by atoms with Crippen molar-refractivity contribution >= 4 is 28.5 Å². The van der Waals surface area contributed by atoms with E-state index in [1.807, 2.05) is 30.3 Å². The van der Waals surface area contributed by atoms with Crippen LogP contribution in [0.2, 0.25) is 5.02 Å². The fourth-order valence-corrected chi connectivity index (χ4v) is 5.00. The highest BCUT2D eigenvalue weighted by molar-refractivity contribution is 6.31. The Morgan fingerprint density at radius 1 is 0.974 bits per heavy atom. The minimum Gasteiger partial charge on any atom is -0.494 e. The summed E-state index contributed by atoms with van der Waals surface area (Å²) >= 11 is 6.16. The Balaban J connectivity index is 1.21. The maximum absolute atomic E-state index is 12.2. The molecule has 0 aliphatic rings. The van der Waals surface area contributed by atoms with Crippen LogP contribution in [0.3, 0.4) is 0 Å². The van der Waals surface area contributed by atoms with E-state index in [2.05, 4.69) is 66.2 Å². The zero-order valence-electron chi connectivity index (χ0n) is 23.2. The third-order valence-corrected chi connectivity index (χ3v) is 7.67. The van der Waals surface area contributed by atoms with E-state index in [0.29, 0.717) is 30.5 Å². The molecule has 6 heteroatoms. The lowest BCUT2D eigenvalue weighted by Gasteiger charge is -2.12. The number of hydrogen-bond acceptors (Lipinski definition) is 3. The Labute approximate surface area is 237 Å². The summed E-state index contributed by atoms with van der Waals surface area (Å²) in [6.45, 7) is 6.69. The number of nitrogens with one attached hydrogen (secondary N) is 1. The third-order valence-electron chi connectivity index (χ3n) is 7.30. The number of para-hydroxylation sites is 2. The number of hydrogen-bond donors (Lipinski definition) is 1. The second kappa shape index (κ2) is 14.7. The molecule has 5 nitrogen and oxygen atoms in total. The van der Waals surface area contributed by atoms with Gasteiger partial charge in [0, 0.05) is 24.5 Å². The third kappa shape index (κ3) is 8.34. The summed E-state index contributed by atoms with van der Waals surface area (Å²) in [6.07, 6.45) is 6.30. The average molecular weight is 546 g/mol. The van der Waals surface area contributed by atoms with Crippen LogP contribution in [0.25, 0.3) is 11.0 Å². The number of amides is 1. The lowest BCUT2D eigenvalue weighted by atomic mass is 9.99. The molecule has 0 bridgehead atoms. The second-order valence-electron chi connectivity index (χ2n) is 10.2. The second-order valence-corrected chi connectivity index (χ2v) is 10.6. The van der Waals surface area contributed by atoms with Gasteiger partial charge in [-0.3, -0.25) is 4.79 Å². The maximum Gasteiger partial charge on any atom is 0.224 e. The summed E-state index contributed by atoms with van der Waals surface area (Å²) in [5.41, 5.74) is 4.44. The molecule has 1 atom stereocenters. The number of rotatable bonds is 15. The first kappa shape index (κ1) is 28.7. The van der Waals surface area contributed by atoms with E-state index in [1.165, 1.54) is 11.1 Å². The molecule has 0 saturated heterocycles. The SMILES string of the molecule is CCC(C)c1ccc(OCCCn2c(CCCCCNC(=O)Cc3ccccc3Cl)nc3ccccc32)cc1. The van der Waals surface area contributed by atoms with Gasteiger partial charge in [-0.25, -0.2) is 4.98 Å². The molecule has 0 radical (unpaired) electrons. The lowest BCUT2D eigenvalue weighted by Crippen LogP contribution is -2.26. The predicted octanol–water partition coefficient (Wildman–Crippen LogP) is 7.74. The van der Waals surface area contributed by atoms with Crippen molar-refractivity contribution in [2.45, 2.75) is 71.3 Å². The number of fused-ring (bicyclic) bond motifs is 1. The first-order chi connectivity index (χ1) is 19.0. The first-order valence-corrected chi connectivity index (χ1v) is 14.6. The summed E-state index contributed by atoms with van der Waals surface area (Å²) < 4.78 is 8.38. The fraction of sp³-hybridized carbons (Fsp3) is 0.394. The Morgan fingerprint density at radius 3 is 2.54 bits per heavy atom. The minimum atomic E-state index is 0.0126. The molecule has 39 heavy (non-hydrogen) atoms. The van der Waals surface area contributed by atoms with Crippen LogP contribution in [0.5, 0.6) is 5.75 Å². The number of carbonyl (C=O) groups excluding carboxylic acids is 1. The Hall–Kier alpha value is -3.31. The summed E-state index contributed by atoms with van der Waals surface area (Å²) in [5.74, 6) is 2.64. The quantitative estimate of drug-likeness (QED) is 0.155. The number of aryl methyl sites for hydroxylation is 2. The largest absolute Gasteiger partial charge is 0.494 e. The molecule has 1 aromatic heterocycles. The number of benzene rings is 3. The van der Waals surface area contributed by atoms with Gasteiger partial charge >= 0.3 is 0 Å². The molecule has 0 fully saturated rings. The van der Waals surface area contributed by atoms with Gasteiger partial charge in [0.25, 0.3) is 0 Å². The maximum atomic E-state index is 12.2. The Kier molecular flexibility index (Phi) is 10.8. The molecule has 0 spiro atoms. The standard InChI is InChI=1S/C33H40ClN3O2/c1-3-25(2)26-17-19-28(20-18-26)39-23-11-22-37-31-15-9-8-14-30(31)36-32(37)16-5-4-10-21-35-33(38)24-27-12-6-7-13-29(27)34/h6-9,12-15,17-20,25H,3-5,10-11,16,21-24H2,1-2H3,(H,35,38). The van der Waals surface area contributed by atoms with Gasteiger partial charge in [0.15, 0.2) is 0 Å². The Bertz CT molecular complexity index is 1330. The Morgan fingerprint density at radius 2 is 1.74 bits per heavy atom. The molecule has 1 heterocycles. The molecule has 4 aromatic rings. The van der Waals surface area contributed by atoms with Crippen molar-refractivity contribution in [1.82, 2.24) is 14.9 Å². The van der Waals surface area contributed by atoms with Gasteiger partial charge in [0.2, 0.25) is 5.91 Å². The molecule has 1 N–H and O–H groups in total. The monoisotopic (exact) mass is 545 g/mol. The molecule has 206 valence electrons. The zero-order chi connectivity index (χ0) is 27.5. The van der Waals surface area contributed by atoms with Gasteiger partial charge in [-0.05, 0) is 73.1 Å². The van der Waals surface area contributed by atoms with Gasteiger partial charge in [-0.15, -0.1) is 0 Å². The molecule has 3 aromatic carbocycles. The highest BCUT2D eigenvalue weighted by Crippen LogP contribution is 2.22. The number of nitrogens with zero attached hydrogens (tertiary/aromatic N) is 2. The van der Waals surface area contributed by atoms with Crippen LogP contribution in [0.1, 0.15) is 68.8 Å². The van der Waals surface area contributed by atoms with Gasteiger partial charge in [0.05, 0.1) is 24.1 Å². The average Bonchev–Trinajstić information content (AvgIpc) is 3.31. The molecule has 0 saturated carbocycles. The number of halogens is 1. The van der Waals surface area contributed by atoms with Gasteiger partial charge in [-0.2, -0.15) is 0 Å². The van der Waals surface area contributed by atoms with Crippen molar-refractivity contribution in [2.75, 3.05) is 13.2 Å². The van der Waals surface area contributed by atoms with Crippen molar-refractivity contribution in [1.29, 1.82) is 0 Å². The van der Waals surface area contributed by atoms with Crippen LogP contribution in [-0.4, -0.2) is 28.6 Å². The van der Waals surface area contributed by atoms with E-state index < -0.39 is 0 Å². The van der Waals surface area contributed by atoms with E-state index in [4.69, 9.17) is 21.3 Å². The number of carbonyl (C=O) groups is 1. The zero-order valence-corrected chi connectivity index (χ0v) is 23.9. The van der Waals surface area contributed by atoms with E-state index in [9.17, 15) is 4.79 Å². The number of unbranched alkanes of at least 4 members (excludes halogenated alkanes) is 2. The van der Waals surface area contributed by atoms with E-state index >= 15 is 0 Å². The molecular formula is C33H40ClN3O2. The van der Waals surface area contributed by atoms with Crippen molar-refractivity contribution in [3.63, 3.8) is 0 Å². The van der Waals surface area contributed by atoms with Crippen LogP contribution in [0.15, 0.2) is 72.8 Å². The van der Waals surface area contributed by atoms with Crippen LogP contribution >= 0.6 is 11.6 Å². The normalized spacial score (nSPS) is 12.0. The summed E-state index contributed by atoms with van der Waals surface area (Å²) in [6, 6.07) is 24.4. The van der Waals surface area contributed by atoms with Crippen LogP contribution in [0, 0.1) is 0 Å². The smallest absolute Gasteiger partial charge is 0.224 e. The van der Waals surface area contributed by atoms with Crippen molar-refractivity contribution < 1.29 is 9.53 Å². The predicted molar refractivity (Wildman–Crippen MR) is 161 cm³/mol. The molecule has 0 aliphatic heterocycles. The fourth-order valence-electron chi connectivity index (χ4n) is 4.80. The minimum absolute atomic E-state index is 0.0126. The van der Waals surface area contributed by atoms with Crippen LogP contribution in [0.4, 0.5) is 0 Å². The van der Waals surface area contributed by atoms with E-state index in [1.54, 1.807) is 0 Å². The number of imidazole rings is 1. The molecule has 0 aliphatic carbocycles. The van der Waals surface area contributed by atoms with Crippen molar-refractivity contribution in [2.24, 2.45) is 0 Å². The topological polar surface area (TPSA) is 56.1 Å². The lowest BCUT2D eigenvalue weighted by molar-refractivity contribution is -0.120. The molecular weight excluding hydrogens is 506 g/mol. The van der Waals surface area contributed by atoms with Crippen LogP contribution < -0.4 is 10.1 Å².